The van der Waals surface area contributed by atoms with Gasteiger partial charge in [0.05, 0.1) is 0 Å². The Morgan fingerprint density at radius 2 is 2.00 bits per heavy atom. The zero-order chi connectivity index (χ0) is 11.1. The monoisotopic (exact) mass is 207 g/mol. The largest absolute Gasteiger partial charge is 0.396 e. The normalized spacial score (nSPS) is 10.0. The second kappa shape index (κ2) is 6.19. The van der Waals surface area contributed by atoms with E-state index in [2.05, 4.69) is 0 Å². The standard InChI is InChI=1S/C12H17NO2/c1-2-13(9-6-10-14)12(15)11-7-4-3-5-8-11/h3-5,7-8,14H,2,6,9-10H2,1H3. The van der Waals surface area contributed by atoms with Gasteiger partial charge in [0.2, 0.25) is 0 Å². The molecular weight excluding hydrogens is 190 g/mol. The van der Waals surface area contributed by atoms with Gasteiger partial charge in [-0.15, -0.1) is 0 Å². The number of aliphatic hydroxyl groups is 1. The van der Waals surface area contributed by atoms with Crippen molar-refractivity contribution in [3.63, 3.8) is 0 Å². The first-order valence-electron chi connectivity index (χ1n) is 5.24. The number of amides is 1. The lowest BCUT2D eigenvalue weighted by molar-refractivity contribution is 0.0754. The lowest BCUT2D eigenvalue weighted by atomic mass is 10.2. The Kier molecular flexibility index (Phi) is 4.84. The quantitative estimate of drug-likeness (QED) is 0.795. The van der Waals surface area contributed by atoms with Gasteiger partial charge in [-0.2, -0.15) is 0 Å². The molecule has 1 aromatic rings. The number of carbonyl (C=O) groups is 1. The molecule has 0 aromatic heterocycles. The third kappa shape index (κ3) is 3.36. The highest BCUT2D eigenvalue weighted by Crippen LogP contribution is 2.04. The molecule has 1 amide bonds. The topological polar surface area (TPSA) is 40.5 Å². The van der Waals surface area contributed by atoms with Crippen LogP contribution in [-0.2, 0) is 0 Å². The first kappa shape index (κ1) is 11.7. The van der Waals surface area contributed by atoms with Gasteiger partial charge >= 0.3 is 0 Å². The third-order valence-electron chi connectivity index (χ3n) is 2.28. The number of rotatable bonds is 5. The van der Waals surface area contributed by atoms with Crippen LogP contribution in [0.1, 0.15) is 23.7 Å². The van der Waals surface area contributed by atoms with E-state index < -0.39 is 0 Å². The van der Waals surface area contributed by atoms with E-state index in [1.165, 1.54) is 0 Å². The summed E-state index contributed by atoms with van der Waals surface area (Å²) in [7, 11) is 0. The van der Waals surface area contributed by atoms with Crippen LogP contribution in [0.15, 0.2) is 30.3 Å². The summed E-state index contributed by atoms with van der Waals surface area (Å²) in [5.74, 6) is 0.0338. The van der Waals surface area contributed by atoms with Crippen LogP contribution in [0.2, 0.25) is 0 Å². The van der Waals surface area contributed by atoms with Crippen LogP contribution < -0.4 is 0 Å². The molecule has 0 fully saturated rings. The molecule has 0 saturated carbocycles. The molecule has 0 aliphatic heterocycles. The van der Waals surface area contributed by atoms with Crippen molar-refractivity contribution >= 4 is 5.91 Å². The van der Waals surface area contributed by atoms with Crippen LogP contribution in [0.3, 0.4) is 0 Å². The van der Waals surface area contributed by atoms with Crippen molar-refractivity contribution in [1.82, 2.24) is 4.90 Å². The van der Waals surface area contributed by atoms with Gasteiger partial charge in [-0.05, 0) is 25.5 Å². The number of nitrogens with zero attached hydrogens (tertiary/aromatic N) is 1. The van der Waals surface area contributed by atoms with Crippen LogP contribution in [-0.4, -0.2) is 35.6 Å². The maximum Gasteiger partial charge on any atom is 0.253 e. The van der Waals surface area contributed by atoms with Gasteiger partial charge in [0, 0.05) is 25.3 Å². The third-order valence-corrected chi connectivity index (χ3v) is 2.28. The van der Waals surface area contributed by atoms with Gasteiger partial charge in [-0.25, -0.2) is 0 Å². The average Bonchev–Trinajstić information content (AvgIpc) is 2.31. The Balaban J connectivity index is 2.65. The molecule has 0 bridgehead atoms. The maximum absolute atomic E-state index is 11.9. The lowest BCUT2D eigenvalue weighted by Gasteiger charge is -2.20. The molecule has 0 saturated heterocycles. The van der Waals surface area contributed by atoms with E-state index in [4.69, 9.17) is 5.11 Å². The number of hydrogen-bond donors (Lipinski definition) is 1. The van der Waals surface area contributed by atoms with Crippen LogP contribution >= 0.6 is 0 Å². The molecule has 1 rings (SSSR count). The summed E-state index contributed by atoms with van der Waals surface area (Å²) in [4.78, 5) is 13.7. The predicted molar refractivity (Wildman–Crippen MR) is 59.7 cm³/mol. The molecule has 0 spiro atoms. The van der Waals surface area contributed by atoms with Crippen molar-refractivity contribution in [2.45, 2.75) is 13.3 Å². The molecule has 1 aromatic carbocycles. The minimum Gasteiger partial charge on any atom is -0.396 e. The van der Waals surface area contributed by atoms with E-state index in [1.807, 2.05) is 37.3 Å². The van der Waals surface area contributed by atoms with Gasteiger partial charge in [0.15, 0.2) is 0 Å². The van der Waals surface area contributed by atoms with Crippen molar-refractivity contribution < 1.29 is 9.90 Å². The molecular formula is C12H17NO2. The minimum atomic E-state index is 0.0338. The summed E-state index contributed by atoms with van der Waals surface area (Å²) in [5.41, 5.74) is 0.706. The zero-order valence-electron chi connectivity index (χ0n) is 9.02. The van der Waals surface area contributed by atoms with E-state index in [0.717, 1.165) is 0 Å². The fourth-order valence-corrected chi connectivity index (χ4v) is 1.43. The Bertz CT molecular complexity index is 298. The molecule has 0 heterocycles. The summed E-state index contributed by atoms with van der Waals surface area (Å²) < 4.78 is 0. The molecule has 3 heteroatoms. The zero-order valence-corrected chi connectivity index (χ0v) is 9.02. The Labute approximate surface area is 90.3 Å². The summed E-state index contributed by atoms with van der Waals surface area (Å²) >= 11 is 0. The molecule has 1 N–H and O–H groups in total. The van der Waals surface area contributed by atoms with Gasteiger partial charge in [-0.3, -0.25) is 4.79 Å². The fraction of sp³-hybridized carbons (Fsp3) is 0.417. The molecule has 15 heavy (non-hydrogen) atoms. The van der Waals surface area contributed by atoms with E-state index in [1.54, 1.807) is 4.90 Å². The molecule has 3 nitrogen and oxygen atoms in total. The predicted octanol–water partition coefficient (Wildman–Crippen LogP) is 1.53. The molecule has 0 aliphatic rings. The fourth-order valence-electron chi connectivity index (χ4n) is 1.43. The van der Waals surface area contributed by atoms with Gasteiger partial charge < -0.3 is 10.0 Å². The number of carbonyl (C=O) groups excluding carboxylic acids is 1. The number of benzene rings is 1. The molecule has 0 aliphatic carbocycles. The second-order valence-corrected chi connectivity index (χ2v) is 3.33. The van der Waals surface area contributed by atoms with Gasteiger partial charge in [0.1, 0.15) is 0 Å². The van der Waals surface area contributed by atoms with Crippen molar-refractivity contribution in [1.29, 1.82) is 0 Å². The van der Waals surface area contributed by atoms with E-state index >= 15 is 0 Å². The SMILES string of the molecule is CCN(CCCO)C(=O)c1ccccc1. The van der Waals surface area contributed by atoms with Crippen molar-refractivity contribution in [3.05, 3.63) is 35.9 Å². The second-order valence-electron chi connectivity index (χ2n) is 3.33. The average molecular weight is 207 g/mol. The van der Waals surface area contributed by atoms with E-state index in [-0.39, 0.29) is 12.5 Å². The molecule has 0 atom stereocenters. The van der Waals surface area contributed by atoms with Crippen LogP contribution in [0.25, 0.3) is 0 Å². The first-order chi connectivity index (χ1) is 7.29. The Hall–Kier alpha value is -1.35. The summed E-state index contributed by atoms with van der Waals surface area (Å²) in [6.45, 7) is 3.35. The Morgan fingerprint density at radius 1 is 1.33 bits per heavy atom. The van der Waals surface area contributed by atoms with E-state index in [0.29, 0.717) is 25.1 Å². The van der Waals surface area contributed by atoms with Gasteiger partial charge in [0.25, 0.3) is 5.91 Å². The van der Waals surface area contributed by atoms with E-state index in [9.17, 15) is 4.79 Å². The van der Waals surface area contributed by atoms with Crippen molar-refractivity contribution in [2.75, 3.05) is 19.7 Å². The maximum atomic E-state index is 11.9. The highest BCUT2D eigenvalue weighted by Gasteiger charge is 2.12. The lowest BCUT2D eigenvalue weighted by Crippen LogP contribution is -2.32. The summed E-state index contributed by atoms with van der Waals surface area (Å²) in [6, 6.07) is 9.22. The van der Waals surface area contributed by atoms with Crippen molar-refractivity contribution in [2.24, 2.45) is 0 Å². The van der Waals surface area contributed by atoms with Gasteiger partial charge in [-0.1, -0.05) is 18.2 Å². The molecule has 0 unspecified atom stereocenters. The van der Waals surface area contributed by atoms with Crippen LogP contribution in [0.4, 0.5) is 0 Å². The number of aliphatic hydroxyl groups excluding tert-OH is 1. The Morgan fingerprint density at radius 3 is 2.53 bits per heavy atom. The highest BCUT2D eigenvalue weighted by molar-refractivity contribution is 5.94. The van der Waals surface area contributed by atoms with Crippen molar-refractivity contribution in [3.8, 4) is 0 Å². The van der Waals surface area contributed by atoms with Crippen LogP contribution in [0.5, 0.6) is 0 Å². The minimum absolute atomic E-state index is 0.0338. The smallest absolute Gasteiger partial charge is 0.253 e. The highest BCUT2D eigenvalue weighted by atomic mass is 16.3. The van der Waals surface area contributed by atoms with Crippen LogP contribution in [0, 0.1) is 0 Å². The number of hydrogen-bond acceptors (Lipinski definition) is 2. The summed E-state index contributed by atoms with van der Waals surface area (Å²) in [5, 5.41) is 8.73. The first-order valence-corrected chi connectivity index (χ1v) is 5.24. The summed E-state index contributed by atoms with van der Waals surface area (Å²) in [6.07, 6.45) is 0.631. The molecule has 82 valence electrons. The molecule has 0 radical (unpaired) electrons.